The number of hydrogen-bond acceptors (Lipinski definition) is 4. The Bertz CT molecular complexity index is 454. The highest BCUT2D eigenvalue weighted by Crippen LogP contribution is 2.24. The molecule has 104 valence electrons. The average molecular weight is 264 g/mol. The molecule has 5 nitrogen and oxygen atoms in total. The first-order valence-electron chi connectivity index (χ1n) is 6.39. The Morgan fingerprint density at radius 2 is 2.32 bits per heavy atom. The SMILES string of the molecule is CN(C)C(=O)c1ccc(OCC2CCOC2)c(N)c1. The normalized spacial score (nSPS) is 18.3. The van der Waals surface area contributed by atoms with Crippen molar-refractivity contribution in [2.75, 3.05) is 39.6 Å². The molecule has 0 bridgehead atoms. The highest BCUT2D eigenvalue weighted by Gasteiger charge is 2.17. The molecule has 1 saturated heterocycles. The Labute approximate surface area is 113 Å². The van der Waals surface area contributed by atoms with E-state index in [9.17, 15) is 4.79 Å². The zero-order valence-electron chi connectivity index (χ0n) is 11.4. The molecule has 19 heavy (non-hydrogen) atoms. The monoisotopic (exact) mass is 264 g/mol. The summed E-state index contributed by atoms with van der Waals surface area (Å²) in [5.74, 6) is 0.993. The predicted octanol–water partition coefficient (Wildman–Crippen LogP) is 1.39. The van der Waals surface area contributed by atoms with Gasteiger partial charge in [0, 0.05) is 32.2 Å². The molecule has 1 amide bonds. The number of anilines is 1. The number of benzene rings is 1. The fraction of sp³-hybridized carbons (Fsp3) is 0.500. The third-order valence-corrected chi connectivity index (χ3v) is 3.16. The summed E-state index contributed by atoms with van der Waals surface area (Å²) in [5, 5.41) is 0. The van der Waals surface area contributed by atoms with Crippen molar-refractivity contribution in [2.45, 2.75) is 6.42 Å². The molecule has 0 spiro atoms. The average Bonchev–Trinajstić information content (AvgIpc) is 2.89. The highest BCUT2D eigenvalue weighted by atomic mass is 16.5. The minimum Gasteiger partial charge on any atom is -0.491 e. The van der Waals surface area contributed by atoms with Gasteiger partial charge < -0.3 is 20.1 Å². The Kier molecular flexibility index (Phi) is 4.27. The van der Waals surface area contributed by atoms with E-state index in [0.29, 0.717) is 29.5 Å². The minimum absolute atomic E-state index is 0.0672. The topological polar surface area (TPSA) is 64.8 Å². The van der Waals surface area contributed by atoms with Gasteiger partial charge in [-0.1, -0.05) is 0 Å². The maximum atomic E-state index is 11.8. The van der Waals surface area contributed by atoms with E-state index in [1.807, 2.05) is 0 Å². The molecule has 1 fully saturated rings. The number of nitrogen functional groups attached to an aromatic ring is 1. The van der Waals surface area contributed by atoms with Crippen LogP contribution < -0.4 is 10.5 Å². The summed E-state index contributed by atoms with van der Waals surface area (Å²) in [6, 6.07) is 5.14. The number of nitrogens with zero attached hydrogens (tertiary/aromatic N) is 1. The van der Waals surface area contributed by atoms with Crippen molar-refractivity contribution in [3.63, 3.8) is 0 Å². The quantitative estimate of drug-likeness (QED) is 0.835. The molecule has 1 aliphatic heterocycles. The standard InChI is InChI=1S/C14H20N2O3/c1-16(2)14(17)11-3-4-13(12(15)7-11)19-9-10-5-6-18-8-10/h3-4,7,10H,5-6,8-9,15H2,1-2H3. The summed E-state index contributed by atoms with van der Waals surface area (Å²) in [4.78, 5) is 13.3. The number of carbonyl (C=O) groups excluding carboxylic acids is 1. The largest absolute Gasteiger partial charge is 0.491 e. The molecule has 5 heteroatoms. The predicted molar refractivity (Wildman–Crippen MR) is 73.3 cm³/mol. The van der Waals surface area contributed by atoms with Crippen molar-refractivity contribution in [2.24, 2.45) is 5.92 Å². The molecule has 0 saturated carbocycles. The van der Waals surface area contributed by atoms with Crippen LogP contribution in [0.5, 0.6) is 5.75 Å². The maximum Gasteiger partial charge on any atom is 0.253 e. The third kappa shape index (κ3) is 3.38. The molecule has 1 heterocycles. The highest BCUT2D eigenvalue weighted by molar-refractivity contribution is 5.95. The van der Waals surface area contributed by atoms with Crippen LogP contribution in [-0.4, -0.2) is 44.7 Å². The van der Waals surface area contributed by atoms with Crippen LogP contribution in [0.4, 0.5) is 5.69 Å². The van der Waals surface area contributed by atoms with E-state index in [-0.39, 0.29) is 5.91 Å². The first-order chi connectivity index (χ1) is 9.08. The van der Waals surface area contributed by atoms with Crippen molar-refractivity contribution in [3.05, 3.63) is 23.8 Å². The van der Waals surface area contributed by atoms with Gasteiger partial charge in [-0.05, 0) is 24.6 Å². The number of nitrogens with two attached hydrogens (primary N) is 1. The van der Waals surface area contributed by atoms with Gasteiger partial charge in [-0.3, -0.25) is 4.79 Å². The molecular weight excluding hydrogens is 244 g/mol. The fourth-order valence-corrected chi connectivity index (χ4v) is 1.99. The molecular formula is C14H20N2O3. The zero-order valence-corrected chi connectivity index (χ0v) is 11.4. The number of ether oxygens (including phenoxy) is 2. The number of hydrogen-bond donors (Lipinski definition) is 1. The van der Waals surface area contributed by atoms with Crippen LogP contribution in [0.15, 0.2) is 18.2 Å². The van der Waals surface area contributed by atoms with Crippen LogP contribution in [0, 0.1) is 5.92 Å². The van der Waals surface area contributed by atoms with Gasteiger partial charge >= 0.3 is 0 Å². The van der Waals surface area contributed by atoms with Crippen LogP contribution in [0.1, 0.15) is 16.8 Å². The Hall–Kier alpha value is -1.75. The number of rotatable bonds is 4. The number of amides is 1. The van der Waals surface area contributed by atoms with Gasteiger partial charge in [0.05, 0.1) is 18.9 Å². The van der Waals surface area contributed by atoms with E-state index in [0.717, 1.165) is 19.6 Å². The minimum atomic E-state index is -0.0672. The Morgan fingerprint density at radius 1 is 1.53 bits per heavy atom. The van der Waals surface area contributed by atoms with Crippen molar-refractivity contribution in [3.8, 4) is 5.75 Å². The molecule has 0 radical (unpaired) electrons. The van der Waals surface area contributed by atoms with Gasteiger partial charge in [0.1, 0.15) is 5.75 Å². The molecule has 0 aromatic heterocycles. The third-order valence-electron chi connectivity index (χ3n) is 3.16. The second kappa shape index (κ2) is 5.93. The summed E-state index contributed by atoms with van der Waals surface area (Å²) in [5.41, 5.74) is 6.98. The van der Waals surface area contributed by atoms with Gasteiger partial charge in [0.25, 0.3) is 5.91 Å². The summed E-state index contributed by atoms with van der Waals surface area (Å²) >= 11 is 0. The van der Waals surface area contributed by atoms with Crippen molar-refractivity contribution in [1.82, 2.24) is 4.90 Å². The molecule has 2 N–H and O–H groups in total. The molecule has 1 unspecified atom stereocenters. The van der Waals surface area contributed by atoms with Crippen LogP contribution in [0.25, 0.3) is 0 Å². The molecule has 2 rings (SSSR count). The Morgan fingerprint density at radius 3 is 2.89 bits per heavy atom. The maximum absolute atomic E-state index is 11.8. The fourth-order valence-electron chi connectivity index (χ4n) is 1.99. The lowest BCUT2D eigenvalue weighted by atomic mass is 10.1. The van der Waals surface area contributed by atoms with E-state index >= 15 is 0 Å². The van der Waals surface area contributed by atoms with Gasteiger partial charge in [-0.15, -0.1) is 0 Å². The lowest BCUT2D eigenvalue weighted by molar-refractivity contribution is 0.0827. The summed E-state index contributed by atoms with van der Waals surface area (Å²) in [7, 11) is 3.42. The summed E-state index contributed by atoms with van der Waals surface area (Å²) in [6.07, 6.45) is 1.02. The first-order valence-corrected chi connectivity index (χ1v) is 6.39. The van der Waals surface area contributed by atoms with Crippen molar-refractivity contribution < 1.29 is 14.3 Å². The van der Waals surface area contributed by atoms with Crippen LogP contribution in [0.2, 0.25) is 0 Å². The van der Waals surface area contributed by atoms with Gasteiger partial charge in [0.15, 0.2) is 0 Å². The van der Waals surface area contributed by atoms with E-state index in [1.165, 1.54) is 4.90 Å². The van der Waals surface area contributed by atoms with Crippen molar-refractivity contribution in [1.29, 1.82) is 0 Å². The van der Waals surface area contributed by atoms with E-state index < -0.39 is 0 Å². The lowest BCUT2D eigenvalue weighted by Crippen LogP contribution is -2.21. The number of carbonyl (C=O) groups is 1. The van der Waals surface area contributed by atoms with E-state index in [4.69, 9.17) is 15.2 Å². The molecule has 1 aliphatic rings. The van der Waals surface area contributed by atoms with Crippen LogP contribution in [0.3, 0.4) is 0 Å². The van der Waals surface area contributed by atoms with Crippen LogP contribution >= 0.6 is 0 Å². The summed E-state index contributed by atoms with van der Waals surface area (Å²) < 4.78 is 11.0. The van der Waals surface area contributed by atoms with Gasteiger partial charge in [0.2, 0.25) is 0 Å². The molecule has 1 atom stereocenters. The summed E-state index contributed by atoms with van der Waals surface area (Å²) in [6.45, 7) is 2.15. The Balaban J connectivity index is 2.00. The zero-order chi connectivity index (χ0) is 13.8. The van der Waals surface area contributed by atoms with Gasteiger partial charge in [-0.2, -0.15) is 0 Å². The van der Waals surface area contributed by atoms with Gasteiger partial charge in [-0.25, -0.2) is 0 Å². The smallest absolute Gasteiger partial charge is 0.253 e. The molecule has 1 aromatic carbocycles. The molecule has 0 aliphatic carbocycles. The lowest BCUT2D eigenvalue weighted by Gasteiger charge is -2.14. The van der Waals surface area contributed by atoms with E-state index in [2.05, 4.69) is 0 Å². The van der Waals surface area contributed by atoms with E-state index in [1.54, 1.807) is 32.3 Å². The molecule has 1 aromatic rings. The van der Waals surface area contributed by atoms with Crippen molar-refractivity contribution >= 4 is 11.6 Å². The second-order valence-electron chi connectivity index (χ2n) is 4.99. The first kappa shape index (κ1) is 13.7. The van der Waals surface area contributed by atoms with Crippen LogP contribution in [-0.2, 0) is 4.74 Å². The second-order valence-corrected chi connectivity index (χ2v) is 4.99.